The van der Waals surface area contributed by atoms with Crippen molar-refractivity contribution in [3.8, 4) is 5.75 Å². The van der Waals surface area contributed by atoms with Gasteiger partial charge in [0.2, 0.25) is 5.91 Å². The highest BCUT2D eigenvalue weighted by Gasteiger charge is 2.38. The van der Waals surface area contributed by atoms with Gasteiger partial charge in [-0.05, 0) is 49.7 Å². The Balaban J connectivity index is 1.30. The highest BCUT2D eigenvalue weighted by molar-refractivity contribution is 5.81. The molecular formula is C23H32N2O4. The first-order chi connectivity index (χ1) is 14.3. The molecule has 3 atom stereocenters. The fourth-order valence-electron chi connectivity index (χ4n) is 5.30. The average Bonchev–Trinajstić information content (AvgIpc) is 3.07. The number of ether oxygens (including phenoxy) is 3. The maximum Gasteiger partial charge on any atom is 0.249 e. The molecule has 1 amide bonds. The molecule has 4 heterocycles. The van der Waals surface area contributed by atoms with Crippen molar-refractivity contribution in [2.24, 2.45) is 0 Å². The molecule has 1 aliphatic carbocycles. The van der Waals surface area contributed by atoms with Crippen LogP contribution in [-0.2, 0) is 14.3 Å². The van der Waals surface area contributed by atoms with Gasteiger partial charge in [-0.25, -0.2) is 0 Å². The monoisotopic (exact) mass is 400 g/mol. The molecular weight excluding hydrogens is 368 g/mol. The molecule has 0 unspecified atom stereocenters. The van der Waals surface area contributed by atoms with Gasteiger partial charge < -0.3 is 19.5 Å². The number of para-hydroxylation sites is 1. The van der Waals surface area contributed by atoms with E-state index in [0.717, 1.165) is 57.4 Å². The van der Waals surface area contributed by atoms with E-state index in [0.29, 0.717) is 31.8 Å². The molecule has 4 aliphatic heterocycles. The largest absolute Gasteiger partial charge is 0.492 e. The molecule has 0 aromatic heterocycles. The molecule has 158 valence electrons. The predicted octanol–water partition coefficient (Wildman–Crippen LogP) is 2.47. The third-order valence-electron chi connectivity index (χ3n) is 7.15. The van der Waals surface area contributed by atoms with E-state index in [1.165, 1.54) is 5.56 Å². The summed E-state index contributed by atoms with van der Waals surface area (Å²) in [5, 5.41) is 3.24. The summed E-state index contributed by atoms with van der Waals surface area (Å²) in [5.41, 5.74) is 1.36. The Morgan fingerprint density at radius 3 is 2.59 bits per heavy atom. The quantitative estimate of drug-likeness (QED) is 0.827. The summed E-state index contributed by atoms with van der Waals surface area (Å²) in [6, 6.07) is 8.86. The van der Waals surface area contributed by atoms with Gasteiger partial charge >= 0.3 is 0 Å². The van der Waals surface area contributed by atoms with Crippen molar-refractivity contribution < 1.29 is 19.0 Å². The van der Waals surface area contributed by atoms with Crippen molar-refractivity contribution in [1.82, 2.24) is 10.2 Å². The van der Waals surface area contributed by atoms with Crippen LogP contribution < -0.4 is 10.1 Å². The van der Waals surface area contributed by atoms with Gasteiger partial charge in [-0.15, -0.1) is 0 Å². The van der Waals surface area contributed by atoms with Crippen LogP contribution in [0.15, 0.2) is 24.3 Å². The Labute approximate surface area is 172 Å². The average molecular weight is 401 g/mol. The summed E-state index contributed by atoms with van der Waals surface area (Å²) >= 11 is 0. The molecule has 3 fully saturated rings. The van der Waals surface area contributed by atoms with Gasteiger partial charge in [-0.3, -0.25) is 9.69 Å². The van der Waals surface area contributed by atoms with Gasteiger partial charge in [0.05, 0.1) is 25.4 Å². The molecule has 0 radical (unpaired) electrons. The van der Waals surface area contributed by atoms with Gasteiger partial charge in [0.1, 0.15) is 18.5 Å². The molecule has 1 saturated carbocycles. The molecule has 6 rings (SSSR count). The maximum absolute atomic E-state index is 12.4. The molecule has 0 spiro atoms. The molecule has 1 aromatic rings. The molecule has 6 heteroatoms. The van der Waals surface area contributed by atoms with Gasteiger partial charge in [0.25, 0.3) is 0 Å². The summed E-state index contributed by atoms with van der Waals surface area (Å²) in [6.45, 7) is 3.85. The summed E-state index contributed by atoms with van der Waals surface area (Å²) in [4.78, 5) is 14.9. The number of hydrogen-bond donors (Lipinski definition) is 1. The van der Waals surface area contributed by atoms with E-state index < -0.39 is 0 Å². The second-order valence-corrected chi connectivity index (χ2v) is 8.85. The molecule has 1 N–H and O–H groups in total. The Morgan fingerprint density at radius 1 is 0.966 bits per heavy atom. The summed E-state index contributed by atoms with van der Waals surface area (Å²) in [6.07, 6.45) is 6.35. The Bertz CT molecular complexity index is 715. The van der Waals surface area contributed by atoms with Crippen LogP contribution in [0.25, 0.3) is 0 Å². The lowest BCUT2D eigenvalue weighted by Crippen LogP contribution is -2.53. The van der Waals surface area contributed by atoms with Crippen molar-refractivity contribution in [3.05, 3.63) is 29.8 Å². The first-order valence-corrected chi connectivity index (χ1v) is 11.3. The van der Waals surface area contributed by atoms with Crippen LogP contribution in [0.2, 0.25) is 0 Å². The van der Waals surface area contributed by atoms with Gasteiger partial charge in [-0.1, -0.05) is 18.2 Å². The first kappa shape index (κ1) is 19.3. The van der Waals surface area contributed by atoms with Crippen LogP contribution in [0.1, 0.15) is 50.0 Å². The van der Waals surface area contributed by atoms with Crippen LogP contribution in [0, 0.1) is 0 Å². The third-order valence-corrected chi connectivity index (χ3v) is 7.15. The van der Waals surface area contributed by atoms with E-state index in [2.05, 4.69) is 34.5 Å². The normalized spacial score (nSPS) is 35.1. The lowest BCUT2D eigenvalue weighted by Gasteiger charge is -2.33. The lowest BCUT2D eigenvalue weighted by atomic mass is 9.82. The van der Waals surface area contributed by atoms with E-state index in [1.54, 1.807) is 0 Å². The van der Waals surface area contributed by atoms with E-state index in [1.807, 2.05) is 0 Å². The molecule has 1 aromatic carbocycles. The smallest absolute Gasteiger partial charge is 0.249 e. The number of nitrogens with one attached hydrogen (secondary N) is 1. The van der Waals surface area contributed by atoms with Gasteiger partial charge in [0.15, 0.2) is 0 Å². The number of carbonyl (C=O) groups is 1. The maximum atomic E-state index is 12.4. The Hall–Kier alpha value is -1.63. The number of carbonyl (C=O) groups excluding carboxylic acids is 1. The first-order valence-electron chi connectivity index (χ1n) is 11.3. The molecule has 5 aliphatic rings. The fraction of sp³-hybridized carbons (Fsp3) is 0.696. The van der Waals surface area contributed by atoms with E-state index in [9.17, 15) is 4.79 Å². The predicted molar refractivity (Wildman–Crippen MR) is 109 cm³/mol. The number of fused-ring (bicyclic) bond motifs is 5. The zero-order valence-corrected chi connectivity index (χ0v) is 17.1. The van der Waals surface area contributed by atoms with Gasteiger partial charge in [-0.2, -0.15) is 0 Å². The van der Waals surface area contributed by atoms with Crippen molar-refractivity contribution in [3.63, 3.8) is 0 Å². The SMILES string of the molecule is O=C(N[C@H]1CCN2CCOc3ccccc3C3CCC(CC3)OC[C@@H]12)[C@@H]1CCO1. The number of amides is 1. The van der Waals surface area contributed by atoms with Crippen molar-refractivity contribution in [2.75, 3.05) is 32.9 Å². The second-order valence-electron chi connectivity index (χ2n) is 8.85. The zero-order valence-electron chi connectivity index (χ0n) is 17.1. The van der Waals surface area contributed by atoms with Crippen molar-refractivity contribution in [1.29, 1.82) is 0 Å². The minimum atomic E-state index is -0.255. The van der Waals surface area contributed by atoms with Crippen molar-refractivity contribution >= 4 is 5.91 Å². The van der Waals surface area contributed by atoms with Gasteiger partial charge in [0, 0.05) is 25.6 Å². The molecule has 2 saturated heterocycles. The summed E-state index contributed by atoms with van der Waals surface area (Å²) in [5.74, 6) is 1.65. The standard InChI is InChI=1S/C23H32N2O4/c26-23(22-10-13-27-22)24-19-9-11-25-12-14-28-21-4-2-1-3-18(21)16-5-7-17(8-6-16)29-15-20(19)25/h1-4,16-17,19-20,22H,5-15H2,(H,24,26)/t16?,17?,19-,20-,22-/m0/s1. The topological polar surface area (TPSA) is 60.0 Å². The zero-order chi connectivity index (χ0) is 19.6. The lowest BCUT2D eigenvalue weighted by molar-refractivity contribution is -0.146. The summed E-state index contributed by atoms with van der Waals surface area (Å²) in [7, 11) is 0. The minimum absolute atomic E-state index is 0.0386. The van der Waals surface area contributed by atoms with Crippen LogP contribution >= 0.6 is 0 Å². The van der Waals surface area contributed by atoms with Crippen LogP contribution in [-0.4, -0.2) is 68.0 Å². The van der Waals surface area contributed by atoms with Crippen LogP contribution in [0.4, 0.5) is 0 Å². The van der Waals surface area contributed by atoms with E-state index in [4.69, 9.17) is 14.2 Å². The van der Waals surface area contributed by atoms with Crippen LogP contribution in [0.3, 0.4) is 0 Å². The van der Waals surface area contributed by atoms with Crippen LogP contribution in [0.5, 0.6) is 5.75 Å². The minimum Gasteiger partial charge on any atom is -0.492 e. The second kappa shape index (κ2) is 8.62. The number of nitrogens with zero attached hydrogens (tertiary/aromatic N) is 1. The molecule has 2 bridgehead atoms. The summed E-state index contributed by atoms with van der Waals surface area (Å²) < 4.78 is 18.0. The molecule has 6 nitrogen and oxygen atoms in total. The number of benzene rings is 1. The third kappa shape index (κ3) is 4.16. The number of rotatable bonds is 2. The number of hydrogen-bond acceptors (Lipinski definition) is 5. The van der Waals surface area contributed by atoms with E-state index >= 15 is 0 Å². The highest BCUT2D eigenvalue weighted by Crippen LogP contribution is 2.38. The Morgan fingerprint density at radius 2 is 1.79 bits per heavy atom. The molecule has 29 heavy (non-hydrogen) atoms. The van der Waals surface area contributed by atoms with Crippen molar-refractivity contribution in [2.45, 2.75) is 68.7 Å². The van der Waals surface area contributed by atoms with E-state index in [-0.39, 0.29) is 24.1 Å². The Kier molecular flexibility index (Phi) is 5.75. The highest BCUT2D eigenvalue weighted by atomic mass is 16.5. The fourth-order valence-corrected chi connectivity index (χ4v) is 5.30.